The molecule has 0 radical (unpaired) electrons. The molecule has 17 heavy (non-hydrogen) atoms. The Balaban J connectivity index is 2.42. The second-order valence-corrected chi connectivity index (χ2v) is 3.46. The van der Waals surface area contributed by atoms with Crippen LogP contribution in [0, 0.1) is 11.6 Å². The molecule has 0 aliphatic heterocycles. The molecule has 1 aromatic heterocycles. The van der Waals surface area contributed by atoms with E-state index in [-0.39, 0.29) is 12.1 Å². The van der Waals surface area contributed by atoms with Crippen molar-refractivity contribution in [1.29, 1.82) is 0 Å². The number of nitrogens with zero attached hydrogens (tertiary/aromatic N) is 1. The lowest BCUT2D eigenvalue weighted by molar-refractivity contribution is 0.563. The van der Waals surface area contributed by atoms with Crippen LogP contribution in [0.2, 0.25) is 0 Å². The highest BCUT2D eigenvalue weighted by Gasteiger charge is 2.06. The van der Waals surface area contributed by atoms with Gasteiger partial charge < -0.3 is 9.55 Å². The number of rotatable bonds is 2. The Labute approximate surface area is 94.2 Å². The van der Waals surface area contributed by atoms with Crippen LogP contribution >= 0.6 is 0 Å². The minimum atomic E-state index is -0.782. The normalized spacial score (nSPS) is 10.5. The fraction of sp³-hybridized carbons (Fsp3) is 0.0909. The highest BCUT2D eigenvalue weighted by atomic mass is 19.1. The summed E-state index contributed by atoms with van der Waals surface area (Å²) in [6, 6.07) is 3.06. The third kappa shape index (κ3) is 2.30. The molecule has 0 aliphatic carbocycles. The first-order valence-corrected chi connectivity index (χ1v) is 4.80. The van der Waals surface area contributed by atoms with E-state index in [0.717, 1.165) is 16.7 Å². The Morgan fingerprint density at radius 3 is 2.71 bits per heavy atom. The standard InChI is InChI=1S/C11H8F2N2O2/c12-8-2-1-7(9(13)5-8)6-15-4-3-14-10(16)11(15)17/h1-5H,6H2,(H,14,16). The molecular formula is C11H8F2N2O2. The van der Waals surface area contributed by atoms with Gasteiger partial charge in [-0.25, -0.2) is 8.78 Å². The van der Waals surface area contributed by atoms with E-state index < -0.39 is 22.8 Å². The van der Waals surface area contributed by atoms with E-state index in [1.165, 1.54) is 18.5 Å². The molecule has 0 saturated heterocycles. The van der Waals surface area contributed by atoms with Gasteiger partial charge in [0.15, 0.2) is 0 Å². The van der Waals surface area contributed by atoms with Crippen LogP contribution in [0.15, 0.2) is 40.2 Å². The van der Waals surface area contributed by atoms with E-state index in [0.29, 0.717) is 0 Å². The Morgan fingerprint density at radius 1 is 1.24 bits per heavy atom. The van der Waals surface area contributed by atoms with Crippen LogP contribution in [0.3, 0.4) is 0 Å². The molecule has 2 aromatic rings. The topological polar surface area (TPSA) is 54.9 Å². The molecule has 6 heteroatoms. The van der Waals surface area contributed by atoms with Crippen LogP contribution in [0.25, 0.3) is 0 Å². The van der Waals surface area contributed by atoms with Crippen molar-refractivity contribution in [1.82, 2.24) is 9.55 Å². The third-order valence-corrected chi connectivity index (χ3v) is 2.28. The van der Waals surface area contributed by atoms with Crippen LogP contribution in [0.4, 0.5) is 8.78 Å². The first-order chi connectivity index (χ1) is 8.08. The van der Waals surface area contributed by atoms with Gasteiger partial charge in [0.05, 0.1) is 6.54 Å². The van der Waals surface area contributed by atoms with Crippen LogP contribution in [-0.4, -0.2) is 9.55 Å². The van der Waals surface area contributed by atoms with Crippen molar-refractivity contribution in [2.45, 2.75) is 6.54 Å². The molecule has 88 valence electrons. The molecule has 0 aliphatic rings. The van der Waals surface area contributed by atoms with Crippen molar-refractivity contribution in [3.05, 3.63) is 68.5 Å². The van der Waals surface area contributed by atoms with Gasteiger partial charge in [-0.15, -0.1) is 0 Å². The summed E-state index contributed by atoms with van der Waals surface area (Å²) >= 11 is 0. The predicted octanol–water partition coefficient (Wildman–Crippen LogP) is 0.863. The smallest absolute Gasteiger partial charge is 0.316 e. The lowest BCUT2D eigenvalue weighted by Gasteiger charge is -2.05. The van der Waals surface area contributed by atoms with E-state index in [1.54, 1.807) is 0 Å². The lowest BCUT2D eigenvalue weighted by Crippen LogP contribution is -2.35. The maximum Gasteiger partial charge on any atom is 0.316 e. The van der Waals surface area contributed by atoms with Gasteiger partial charge in [-0.2, -0.15) is 0 Å². The minimum absolute atomic E-state index is 0.116. The molecule has 0 saturated carbocycles. The third-order valence-electron chi connectivity index (χ3n) is 2.28. The number of hydrogen-bond donors (Lipinski definition) is 1. The van der Waals surface area contributed by atoms with Crippen molar-refractivity contribution in [2.75, 3.05) is 0 Å². The van der Waals surface area contributed by atoms with E-state index in [1.807, 2.05) is 0 Å². The average molecular weight is 238 g/mol. The predicted molar refractivity (Wildman–Crippen MR) is 56.8 cm³/mol. The van der Waals surface area contributed by atoms with Gasteiger partial charge in [0.2, 0.25) is 0 Å². The minimum Gasteiger partial charge on any atom is -0.323 e. The number of halogens is 2. The van der Waals surface area contributed by atoms with E-state index in [4.69, 9.17) is 0 Å². The van der Waals surface area contributed by atoms with E-state index >= 15 is 0 Å². The summed E-state index contributed by atoms with van der Waals surface area (Å²) in [5.41, 5.74) is -1.43. The van der Waals surface area contributed by atoms with Crippen molar-refractivity contribution in [3.63, 3.8) is 0 Å². The van der Waals surface area contributed by atoms with Crippen molar-refractivity contribution < 1.29 is 8.78 Å². The van der Waals surface area contributed by atoms with E-state index in [9.17, 15) is 18.4 Å². The van der Waals surface area contributed by atoms with Crippen LogP contribution in [0.1, 0.15) is 5.56 Å². The monoisotopic (exact) mass is 238 g/mol. The summed E-state index contributed by atoms with van der Waals surface area (Å²) in [6.07, 6.45) is 2.61. The summed E-state index contributed by atoms with van der Waals surface area (Å²) in [5.74, 6) is -1.44. The van der Waals surface area contributed by atoms with Gasteiger partial charge in [-0.1, -0.05) is 6.07 Å². The molecule has 4 nitrogen and oxygen atoms in total. The van der Waals surface area contributed by atoms with Crippen molar-refractivity contribution in [3.8, 4) is 0 Å². The number of aromatic nitrogens is 2. The van der Waals surface area contributed by atoms with Gasteiger partial charge in [0, 0.05) is 24.0 Å². The zero-order valence-electron chi connectivity index (χ0n) is 8.61. The molecular weight excluding hydrogens is 230 g/mol. The number of hydrogen-bond acceptors (Lipinski definition) is 2. The maximum absolute atomic E-state index is 13.3. The largest absolute Gasteiger partial charge is 0.323 e. The fourth-order valence-electron chi connectivity index (χ4n) is 1.42. The highest BCUT2D eigenvalue weighted by molar-refractivity contribution is 5.18. The maximum atomic E-state index is 13.3. The summed E-state index contributed by atoms with van der Waals surface area (Å²) in [6.45, 7) is -0.116. The van der Waals surface area contributed by atoms with Crippen LogP contribution < -0.4 is 11.1 Å². The SMILES string of the molecule is O=c1[nH]ccn(Cc2ccc(F)cc2F)c1=O. The first-order valence-electron chi connectivity index (χ1n) is 4.80. The van der Waals surface area contributed by atoms with Crippen molar-refractivity contribution >= 4 is 0 Å². The molecule has 1 N–H and O–H groups in total. The second kappa shape index (κ2) is 4.32. The molecule has 0 atom stereocenters. The zero-order chi connectivity index (χ0) is 12.4. The highest BCUT2D eigenvalue weighted by Crippen LogP contribution is 2.09. The second-order valence-electron chi connectivity index (χ2n) is 3.46. The molecule has 2 rings (SSSR count). The summed E-state index contributed by atoms with van der Waals surface area (Å²) in [5, 5.41) is 0. The average Bonchev–Trinajstić information content (AvgIpc) is 2.28. The molecule has 0 amide bonds. The molecule has 0 fully saturated rings. The van der Waals surface area contributed by atoms with Gasteiger partial charge in [-0.05, 0) is 6.07 Å². The van der Waals surface area contributed by atoms with E-state index in [2.05, 4.69) is 4.98 Å². The van der Waals surface area contributed by atoms with Crippen LogP contribution in [0.5, 0.6) is 0 Å². The number of nitrogens with one attached hydrogen (secondary N) is 1. The zero-order valence-corrected chi connectivity index (χ0v) is 8.61. The molecule has 1 aromatic carbocycles. The van der Waals surface area contributed by atoms with Crippen LogP contribution in [-0.2, 0) is 6.54 Å². The first kappa shape index (κ1) is 11.3. The van der Waals surface area contributed by atoms with Crippen molar-refractivity contribution in [2.24, 2.45) is 0 Å². The summed E-state index contributed by atoms with van der Waals surface area (Å²) in [4.78, 5) is 24.6. The summed E-state index contributed by atoms with van der Waals surface area (Å²) < 4.78 is 27.0. The Kier molecular flexibility index (Phi) is 2.86. The van der Waals surface area contributed by atoms with Gasteiger partial charge >= 0.3 is 11.1 Å². The molecule has 0 unspecified atom stereocenters. The summed E-state index contributed by atoms with van der Waals surface area (Å²) in [7, 11) is 0. The van der Waals surface area contributed by atoms with Gasteiger partial charge in [0.25, 0.3) is 0 Å². The van der Waals surface area contributed by atoms with Gasteiger partial charge in [0.1, 0.15) is 11.6 Å². The number of H-pyrrole nitrogens is 1. The molecule has 0 spiro atoms. The Morgan fingerprint density at radius 2 is 2.00 bits per heavy atom. The Hall–Kier alpha value is -2.24. The molecule has 1 heterocycles. The quantitative estimate of drug-likeness (QED) is 0.789. The Bertz CT molecular complexity index is 661. The lowest BCUT2D eigenvalue weighted by atomic mass is 10.2. The fourth-order valence-corrected chi connectivity index (χ4v) is 1.42. The number of aromatic amines is 1. The number of benzene rings is 1. The van der Waals surface area contributed by atoms with Gasteiger partial charge in [-0.3, -0.25) is 9.59 Å². The molecule has 0 bridgehead atoms.